The third-order valence-electron chi connectivity index (χ3n) is 6.06. The van der Waals surface area contributed by atoms with Crippen molar-refractivity contribution in [3.05, 3.63) is 102 Å². The summed E-state index contributed by atoms with van der Waals surface area (Å²) in [4.78, 5) is 18.8. The Morgan fingerprint density at radius 1 is 1.05 bits per heavy atom. The van der Waals surface area contributed by atoms with Gasteiger partial charge in [-0.2, -0.15) is 0 Å². The quantitative estimate of drug-likeness (QED) is 0.251. The van der Waals surface area contributed by atoms with E-state index in [-0.39, 0.29) is 6.04 Å². The molecule has 0 aliphatic carbocycles. The molecule has 0 amide bonds. The van der Waals surface area contributed by atoms with Crippen molar-refractivity contribution in [3.63, 3.8) is 0 Å². The predicted molar refractivity (Wildman–Crippen MR) is 148 cm³/mol. The maximum atomic E-state index is 12.4. The Hall–Kier alpha value is -4.22. The molecule has 11 heteroatoms. The number of anilines is 2. The monoisotopic (exact) mass is 548 g/mol. The maximum Gasteiger partial charge on any atom is 0.338 e. The molecule has 2 atom stereocenters. The summed E-state index contributed by atoms with van der Waals surface area (Å²) in [6.07, 6.45) is 2.81. The average Bonchev–Trinajstić information content (AvgIpc) is 3.53. The average molecular weight is 549 g/mol. The van der Waals surface area contributed by atoms with Crippen LogP contribution in [0, 0.1) is 0 Å². The third-order valence-corrected chi connectivity index (χ3v) is 6.98. The molecule has 0 saturated carbocycles. The molecule has 1 saturated heterocycles. The van der Waals surface area contributed by atoms with E-state index in [1.807, 2.05) is 41.3 Å². The van der Waals surface area contributed by atoms with E-state index in [0.717, 1.165) is 17.6 Å². The Labute approximate surface area is 225 Å². The first kappa shape index (κ1) is 25.4. The summed E-state index contributed by atoms with van der Waals surface area (Å²) in [5.41, 5.74) is 2.94. The van der Waals surface area contributed by atoms with Gasteiger partial charge in [0.25, 0.3) is 0 Å². The van der Waals surface area contributed by atoms with Gasteiger partial charge in [-0.3, -0.25) is 9.71 Å². The number of benzene rings is 2. The SMILES string of the molecule is COC(=O)c1ccccc1-c1ccc([C@H]2[C@@H](c3ccccn3)NC(=S)N2c2ccc(NS(C)(=O)=O)cc2)o1. The van der Waals surface area contributed by atoms with E-state index in [1.165, 1.54) is 7.11 Å². The number of sulfonamides is 1. The van der Waals surface area contributed by atoms with Gasteiger partial charge in [-0.25, -0.2) is 13.2 Å². The van der Waals surface area contributed by atoms with Crippen molar-refractivity contribution in [2.24, 2.45) is 0 Å². The van der Waals surface area contributed by atoms with Gasteiger partial charge >= 0.3 is 5.97 Å². The Bertz CT molecular complexity index is 1590. The number of hydrogen-bond acceptors (Lipinski definition) is 7. The molecule has 4 aromatic rings. The number of esters is 1. The molecule has 0 radical (unpaired) electrons. The first-order valence-corrected chi connectivity index (χ1v) is 13.9. The van der Waals surface area contributed by atoms with Crippen LogP contribution < -0.4 is 14.9 Å². The van der Waals surface area contributed by atoms with E-state index in [9.17, 15) is 13.2 Å². The lowest BCUT2D eigenvalue weighted by Gasteiger charge is -2.26. The zero-order valence-corrected chi connectivity index (χ0v) is 22.1. The minimum absolute atomic E-state index is 0.340. The lowest BCUT2D eigenvalue weighted by atomic mass is 10.0. The number of nitrogens with one attached hydrogen (secondary N) is 2. The smallest absolute Gasteiger partial charge is 0.338 e. The normalized spacial score (nSPS) is 17.2. The molecule has 194 valence electrons. The van der Waals surface area contributed by atoms with Crippen LogP contribution in [-0.2, 0) is 14.8 Å². The molecule has 1 fully saturated rings. The molecule has 5 rings (SSSR count). The lowest BCUT2D eigenvalue weighted by Crippen LogP contribution is -2.29. The van der Waals surface area contributed by atoms with Crippen molar-refractivity contribution in [1.82, 2.24) is 10.3 Å². The number of aromatic nitrogens is 1. The zero-order chi connectivity index (χ0) is 26.9. The van der Waals surface area contributed by atoms with Crippen molar-refractivity contribution in [2.75, 3.05) is 23.0 Å². The van der Waals surface area contributed by atoms with Crippen LogP contribution in [0.2, 0.25) is 0 Å². The van der Waals surface area contributed by atoms with Crippen LogP contribution in [0.25, 0.3) is 11.3 Å². The molecular formula is C27H24N4O5S2. The van der Waals surface area contributed by atoms with E-state index < -0.39 is 22.0 Å². The lowest BCUT2D eigenvalue weighted by molar-refractivity contribution is 0.0601. The molecule has 9 nitrogen and oxygen atoms in total. The number of hydrogen-bond donors (Lipinski definition) is 2. The Balaban J connectivity index is 1.57. The molecule has 0 spiro atoms. The molecule has 3 heterocycles. The number of furan rings is 1. The summed E-state index contributed by atoms with van der Waals surface area (Å²) in [6.45, 7) is 0. The van der Waals surface area contributed by atoms with Crippen molar-refractivity contribution >= 4 is 44.7 Å². The van der Waals surface area contributed by atoms with Crippen LogP contribution in [-0.4, -0.2) is 37.8 Å². The highest BCUT2D eigenvalue weighted by Crippen LogP contribution is 2.43. The number of nitrogens with zero attached hydrogens (tertiary/aromatic N) is 2. The van der Waals surface area contributed by atoms with Gasteiger partial charge in [0, 0.05) is 23.1 Å². The summed E-state index contributed by atoms with van der Waals surface area (Å²) in [5.74, 6) is 0.644. The second-order valence-corrected chi connectivity index (χ2v) is 10.8. The fourth-order valence-corrected chi connectivity index (χ4v) is 5.38. The van der Waals surface area contributed by atoms with E-state index in [4.69, 9.17) is 21.4 Å². The summed E-state index contributed by atoms with van der Waals surface area (Å²) < 4.78 is 37.0. The molecule has 0 unspecified atom stereocenters. The van der Waals surface area contributed by atoms with Crippen LogP contribution in [0.3, 0.4) is 0 Å². The third kappa shape index (κ3) is 5.11. The summed E-state index contributed by atoms with van der Waals surface area (Å²) in [6, 6.07) is 22.5. The zero-order valence-electron chi connectivity index (χ0n) is 20.5. The summed E-state index contributed by atoms with van der Waals surface area (Å²) in [7, 11) is -2.07. The molecule has 0 bridgehead atoms. The fourth-order valence-electron chi connectivity index (χ4n) is 4.47. The van der Waals surface area contributed by atoms with E-state index in [0.29, 0.717) is 33.4 Å². The number of carbonyl (C=O) groups excluding carboxylic acids is 1. The van der Waals surface area contributed by atoms with Crippen LogP contribution in [0.15, 0.2) is 89.5 Å². The summed E-state index contributed by atoms with van der Waals surface area (Å²) >= 11 is 5.74. The first-order valence-electron chi connectivity index (χ1n) is 11.6. The molecule has 2 N–H and O–H groups in total. The van der Waals surface area contributed by atoms with Gasteiger partial charge in [0.05, 0.1) is 30.7 Å². The highest BCUT2D eigenvalue weighted by Gasteiger charge is 2.42. The van der Waals surface area contributed by atoms with Crippen LogP contribution in [0.5, 0.6) is 0 Å². The highest BCUT2D eigenvalue weighted by atomic mass is 32.2. The highest BCUT2D eigenvalue weighted by molar-refractivity contribution is 7.92. The minimum atomic E-state index is -3.41. The maximum absolute atomic E-state index is 12.4. The number of methoxy groups -OCH3 is 1. The molecule has 2 aromatic carbocycles. The molecule has 1 aliphatic heterocycles. The van der Waals surface area contributed by atoms with E-state index >= 15 is 0 Å². The number of thiocarbonyl (C=S) groups is 1. The van der Waals surface area contributed by atoms with Crippen LogP contribution in [0.4, 0.5) is 11.4 Å². The van der Waals surface area contributed by atoms with Gasteiger partial charge in [-0.05, 0) is 66.8 Å². The Morgan fingerprint density at radius 3 is 2.47 bits per heavy atom. The first-order chi connectivity index (χ1) is 18.2. The van der Waals surface area contributed by atoms with Crippen molar-refractivity contribution < 1.29 is 22.4 Å². The van der Waals surface area contributed by atoms with Gasteiger partial charge in [0.15, 0.2) is 5.11 Å². The standard InChI is InChI=1S/C27H24N4O5S2/c1-35-26(32)20-8-4-3-7-19(20)22-14-15-23(36-22)25-24(21-9-5-6-16-28-21)29-27(37)31(25)18-12-10-17(11-13-18)30-38(2,33)34/h3-16,24-25,30H,1-2H3,(H,29,37)/t24-,25+/m1/s1. The van der Waals surface area contributed by atoms with Crippen LogP contribution in [0.1, 0.15) is 33.9 Å². The fraction of sp³-hybridized carbons (Fsp3) is 0.148. The van der Waals surface area contributed by atoms with E-state index in [1.54, 1.807) is 48.7 Å². The second-order valence-electron chi connectivity index (χ2n) is 8.66. The van der Waals surface area contributed by atoms with E-state index in [2.05, 4.69) is 15.0 Å². The Kier molecular flexibility index (Phi) is 6.87. The number of ether oxygens (including phenoxy) is 1. The Morgan fingerprint density at radius 2 is 1.79 bits per heavy atom. The van der Waals surface area contributed by atoms with Crippen molar-refractivity contribution in [1.29, 1.82) is 0 Å². The van der Waals surface area contributed by atoms with Gasteiger partial charge in [-0.15, -0.1) is 0 Å². The van der Waals surface area contributed by atoms with Crippen LogP contribution >= 0.6 is 12.2 Å². The molecular weight excluding hydrogens is 524 g/mol. The van der Waals surface area contributed by atoms with Crippen molar-refractivity contribution in [2.45, 2.75) is 12.1 Å². The minimum Gasteiger partial charge on any atom is -0.465 e. The molecule has 38 heavy (non-hydrogen) atoms. The second kappa shape index (κ2) is 10.3. The number of carbonyl (C=O) groups is 1. The van der Waals surface area contributed by atoms with Gasteiger partial charge in [0.1, 0.15) is 17.6 Å². The number of rotatable bonds is 7. The summed E-state index contributed by atoms with van der Waals surface area (Å²) in [5, 5.41) is 3.82. The number of pyridine rings is 1. The topological polar surface area (TPSA) is 114 Å². The molecule has 2 aromatic heterocycles. The van der Waals surface area contributed by atoms with Crippen molar-refractivity contribution in [3.8, 4) is 11.3 Å². The predicted octanol–water partition coefficient (Wildman–Crippen LogP) is 4.68. The largest absolute Gasteiger partial charge is 0.465 e. The van der Waals surface area contributed by atoms with Gasteiger partial charge in [0.2, 0.25) is 10.0 Å². The van der Waals surface area contributed by atoms with Gasteiger partial charge in [-0.1, -0.05) is 24.3 Å². The molecule has 1 aliphatic rings. The van der Waals surface area contributed by atoms with Gasteiger partial charge < -0.3 is 19.4 Å².